The molecule has 1 aliphatic heterocycles. The predicted octanol–water partition coefficient (Wildman–Crippen LogP) is 1.93. The predicted molar refractivity (Wildman–Crippen MR) is 72.2 cm³/mol. The van der Waals surface area contributed by atoms with Gasteiger partial charge in [0.05, 0.1) is 6.20 Å². The fourth-order valence-corrected chi connectivity index (χ4v) is 5.11. The molecule has 0 bridgehead atoms. The number of nitrogens with zero attached hydrogens (tertiary/aromatic N) is 2. The van der Waals surface area contributed by atoms with Gasteiger partial charge in [-0.25, -0.2) is 13.4 Å². The maximum Gasteiger partial charge on any atom is 0.260 e. The molecule has 2 atom stereocenters. The second kappa shape index (κ2) is 4.90. The van der Waals surface area contributed by atoms with Gasteiger partial charge in [0.25, 0.3) is 10.0 Å². The Morgan fingerprint density at radius 1 is 1.37 bits per heavy atom. The van der Waals surface area contributed by atoms with E-state index < -0.39 is 10.0 Å². The second-order valence-corrected chi connectivity index (χ2v) is 7.42. The van der Waals surface area contributed by atoms with Gasteiger partial charge in [0.2, 0.25) is 0 Å². The van der Waals surface area contributed by atoms with E-state index in [0.717, 1.165) is 31.5 Å². The van der Waals surface area contributed by atoms with Crippen LogP contribution in [0.5, 0.6) is 0 Å². The normalized spacial score (nSPS) is 28.5. The van der Waals surface area contributed by atoms with Crippen LogP contribution in [-0.2, 0) is 16.4 Å². The molecule has 2 unspecified atom stereocenters. The molecule has 5 nitrogen and oxygen atoms in total. The number of H-pyrrole nitrogens is 1. The van der Waals surface area contributed by atoms with Crippen molar-refractivity contribution in [2.75, 3.05) is 6.54 Å². The van der Waals surface area contributed by atoms with E-state index >= 15 is 0 Å². The molecule has 1 aliphatic carbocycles. The third-order valence-corrected chi connectivity index (χ3v) is 6.32. The number of nitrogens with one attached hydrogen (secondary N) is 1. The smallest absolute Gasteiger partial charge is 0.260 e. The van der Waals surface area contributed by atoms with Gasteiger partial charge < -0.3 is 4.98 Å². The molecule has 0 aromatic carbocycles. The molecule has 6 heteroatoms. The highest BCUT2D eigenvalue weighted by Crippen LogP contribution is 2.38. The van der Waals surface area contributed by atoms with Crippen molar-refractivity contribution in [1.82, 2.24) is 14.3 Å². The van der Waals surface area contributed by atoms with Gasteiger partial charge in [0.1, 0.15) is 5.82 Å². The lowest BCUT2D eigenvalue weighted by Gasteiger charge is -2.30. The number of aromatic amines is 1. The van der Waals surface area contributed by atoms with E-state index in [1.54, 1.807) is 4.31 Å². The average Bonchev–Trinajstić information content (AvgIpc) is 3.06. The van der Waals surface area contributed by atoms with Crippen molar-refractivity contribution in [2.24, 2.45) is 5.92 Å². The van der Waals surface area contributed by atoms with Crippen LogP contribution in [0.25, 0.3) is 0 Å². The number of rotatable bonds is 3. The Kier molecular flexibility index (Phi) is 3.39. The highest BCUT2D eigenvalue weighted by atomic mass is 32.2. The number of aryl methyl sites for hydroxylation is 1. The van der Waals surface area contributed by atoms with E-state index in [0.29, 0.717) is 12.5 Å². The highest BCUT2D eigenvalue weighted by molar-refractivity contribution is 7.89. The summed E-state index contributed by atoms with van der Waals surface area (Å²) in [4.78, 5) is 7.05. The number of aromatic nitrogens is 2. The number of imidazole rings is 1. The fourth-order valence-electron chi connectivity index (χ4n) is 3.44. The quantitative estimate of drug-likeness (QED) is 0.921. The fraction of sp³-hybridized carbons (Fsp3) is 0.769. The molecular weight excluding hydrogens is 262 g/mol. The molecule has 1 saturated heterocycles. The zero-order valence-corrected chi connectivity index (χ0v) is 12.1. The van der Waals surface area contributed by atoms with Gasteiger partial charge in [-0.05, 0) is 25.2 Å². The van der Waals surface area contributed by atoms with E-state index in [4.69, 9.17) is 0 Å². The van der Waals surface area contributed by atoms with E-state index in [2.05, 4.69) is 9.97 Å². The van der Waals surface area contributed by atoms with E-state index in [9.17, 15) is 8.42 Å². The van der Waals surface area contributed by atoms with Crippen LogP contribution in [0.4, 0.5) is 0 Å². The van der Waals surface area contributed by atoms with Gasteiger partial charge in [-0.3, -0.25) is 0 Å². The summed E-state index contributed by atoms with van der Waals surface area (Å²) in [5.41, 5.74) is 0. The summed E-state index contributed by atoms with van der Waals surface area (Å²) in [6.07, 6.45) is 7.79. The first kappa shape index (κ1) is 13.1. The summed E-state index contributed by atoms with van der Waals surface area (Å²) in [6, 6.07) is 0.215. The van der Waals surface area contributed by atoms with Gasteiger partial charge in [0, 0.05) is 19.0 Å². The molecular formula is C13H21N3O2S. The third-order valence-electron chi connectivity index (χ3n) is 4.49. The Morgan fingerprint density at radius 3 is 2.89 bits per heavy atom. The maximum atomic E-state index is 12.7. The van der Waals surface area contributed by atoms with Crippen molar-refractivity contribution in [3.63, 3.8) is 0 Å². The molecule has 1 N–H and O–H groups in total. The Labute approximate surface area is 114 Å². The molecule has 19 heavy (non-hydrogen) atoms. The SMILES string of the molecule is CCc1ncc(S(=O)(=O)N2CCC3CCCCC32)[nH]1. The topological polar surface area (TPSA) is 66.1 Å². The maximum absolute atomic E-state index is 12.7. The lowest BCUT2D eigenvalue weighted by Crippen LogP contribution is -2.39. The Morgan fingerprint density at radius 2 is 2.16 bits per heavy atom. The first-order valence-corrected chi connectivity index (χ1v) is 8.62. The number of hydrogen-bond donors (Lipinski definition) is 1. The number of hydrogen-bond acceptors (Lipinski definition) is 3. The van der Waals surface area contributed by atoms with Crippen molar-refractivity contribution in [2.45, 2.75) is 56.5 Å². The minimum absolute atomic E-state index is 0.215. The lowest BCUT2D eigenvalue weighted by atomic mass is 9.86. The van der Waals surface area contributed by atoms with Crippen molar-refractivity contribution in [3.05, 3.63) is 12.0 Å². The zero-order valence-electron chi connectivity index (χ0n) is 11.3. The molecule has 0 amide bonds. The van der Waals surface area contributed by atoms with Gasteiger partial charge in [0.15, 0.2) is 5.03 Å². The third kappa shape index (κ3) is 2.21. The summed E-state index contributed by atoms with van der Waals surface area (Å²) in [6.45, 7) is 2.63. The number of sulfonamides is 1. The van der Waals surface area contributed by atoms with Gasteiger partial charge in [-0.1, -0.05) is 19.8 Å². The highest BCUT2D eigenvalue weighted by Gasteiger charge is 2.42. The van der Waals surface area contributed by atoms with Gasteiger partial charge >= 0.3 is 0 Å². The number of fused-ring (bicyclic) bond motifs is 1. The van der Waals surface area contributed by atoms with Crippen LogP contribution in [0.2, 0.25) is 0 Å². The van der Waals surface area contributed by atoms with E-state index in [-0.39, 0.29) is 11.1 Å². The van der Waals surface area contributed by atoms with Crippen molar-refractivity contribution >= 4 is 10.0 Å². The van der Waals surface area contributed by atoms with Gasteiger partial charge in [-0.15, -0.1) is 0 Å². The van der Waals surface area contributed by atoms with Crippen molar-refractivity contribution in [3.8, 4) is 0 Å². The minimum atomic E-state index is -3.38. The van der Waals surface area contributed by atoms with E-state index in [1.807, 2.05) is 6.92 Å². The van der Waals surface area contributed by atoms with Crippen LogP contribution in [0.1, 0.15) is 44.9 Å². The molecule has 106 valence electrons. The van der Waals surface area contributed by atoms with Crippen LogP contribution in [0.3, 0.4) is 0 Å². The monoisotopic (exact) mass is 283 g/mol. The standard InChI is InChI=1S/C13H21N3O2S/c1-2-12-14-9-13(15-12)19(17,18)16-8-7-10-5-3-4-6-11(10)16/h9-11H,2-8H2,1H3,(H,14,15). The average molecular weight is 283 g/mol. The van der Waals surface area contributed by atoms with Crippen molar-refractivity contribution in [1.29, 1.82) is 0 Å². The van der Waals surface area contributed by atoms with Crippen LogP contribution in [-0.4, -0.2) is 35.3 Å². The first-order valence-electron chi connectivity index (χ1n) is 7.18. The molecule has 1 aromatic heterocycles. The van der Waals surface area contributed by atoms with Crippen LogP contribution < -0.4 is 0 Å². The Bertz CT molecular complexity index is 552. The first-order chi connectivity index (χ1) is 9.13. The molecule has 2 fully saturated rings. The minimum Gasteiger partial charge on any atom is -0.332 e. The Hall–Kier alpha value is -0.880. The zero-order chi connectivity index (χ0) is 13.5. The molecule has 1 aromatic rings. The van der Waals surface area contributed by atoms with E-state index in [1.165, 1.54) is 19.0 Å². The van der Waals surface area contributed by atoms with Crippen LogP contribution >= 0.6 is 0 Å². The van der Waals surface area contributed by atoms with Crippen LogP contribution in [0, 0.1) is 5.92 Å². The second-order valence-electron chi connectivity index (χ2n) is 5.56. The summed E-state index contributed by atoms with van der Waals surface area (Å²) in [5.74, 6) is 1.30. The summed E-state index contributed by atoms with van der Waals surface area (Å²) in [7, 11) is -3.38. The Balaban J connectivity index is 1.88. The summed E-state index contributed by atoms with van der Waals surface area (Å²) >= 11 is 0. The molecule has 2 heterocycles. The molecule has 3 rings (SSSR count). The van der Waals surface area contributed by atoms with Crippen LogP contribution in [0.15, 0.2) is 11.2 Å². The van der Waals surface area contributed by atoms with Crippen molar-refractivity contribution < 1.29 is 8.42 Å². The summed E-state index contributed by atoms with van der Waals surface area (Å²) < 4.78 is 27.1. The van der Waals surface area contributed by atoms with Gasteiger partial charge in [-0.2, -0.15) is 4.31 Å². The summed E-state index contributed by atoms with van der Waals surface area (Å²) in [5, 5.41) is 0.260. The molecule has 0 spiro atoms. The molecule has 0 radical (unpaired) electrons. The largest absolute Gasteiger partial charge is 0.332 e. The lowest BCUT2D eigenvalue weighted by molar-refractivity contribution is 0.260. The molecule has 2 aliphatic rings. The molecule has 1 saturated carbocycles.